The number of aryl methyl sites for hydroxylation is 1. The maximum atomic E-state index is 4.55. The van der Waals surface area contributed by atoms with Crippen molar-refractivity contribution in [3.05, 3.63) is 48.6 Å². The second-order valence-corrected chi connectivity index (χ2v) is 6.21. The van der Waals surface area contributed by atoms with Gasteiger partial charge in [0, 0.05) is 38.1 Å². The fourth-order valence-corrected chi connectivity index (χ4v) is 3.10. The Labute approximate surface area is 130 Å². The van der Waals surface area contributed by atoms with Gasteiger partial charge in [0.05, 0.1) is 23.8 Å². The Hall–Kier alpha value is -2.30. The molecule has 2 aromatic heterocycles. The Balaban J connectivity index is 1.57. The lowest BCUT2D eigenvalue weighted by Crippen LogP contribution is -2.23. The van der Waals surface area contributed by atoms with Gasteiger partial charge in [0.15, 0.2) is 0 Å². The number of rotatable bonds is 4. The molecular weight excluding hydrogens is 274 g/mol. The molecule has 0 radical (unpaired) electrons. The zero-order valence-corrected chi connectivity index (χ0v) is 12.9. The third-order valence-electron chi connectivity index (χ3n) is 4.57. The zero-order valence-electron chi connectivity index (χ0n) is 12.9. The summed E-state index contributed by atoms with van der Waals surface area (Å²) >= 11 is 0. The first-order valence-corrected chi connectivity index (χ1v) is 7.95. The van der Waals surface area contributed by atoms with Gasteiger partial charge >= 0.3 is 0 Å². The molecule has 4 rings (SSSR count). The van der Waals surface area contributed by atoms with E-state index in [0.29, 0.717) is 0 Å². The lowest BCUT2D eigenvalue weighted by molar-refractivity contribution is 0.266. The first-order valence-electron chi connectivity index (χ1n) is 7.95. The normalized spacial score (nSPS) is 18.4. The van der Waals surface area contributed by atoms with Gasteiger partial charge in [-0.05, 0) is 24.8 Å². The highest BCUT2D eigenvalue weighted by Crippen LogP contribution is 2.30. The lowest BCUT2D eigenvalue weighted by Gasteiger charge is -2.26. The molecule has 1 aliphatic carbocycles. The average molecular weight is 295 g/mol. The summed E-state index contributed by atoms with van der Waals surface area (Å²) in [6, 6.07) is 0. The number of nitrogens with zero attached hydrogens (tertiary/aromatic N) is 5. The molecule has 0 atom stereocenters. The maximum Gasteiger partial charge on any atom is 0.0800 e. The van der Waals surface area contributed by atoms with E-state index in [-0.39, 0.29) is 0 Å². The molecule has 5 heteroatoms. The van der Waals surface area contributed by atoms with E-state index in [1.807, 2.05) is 24.1 Å². The molecule has 0 amide bonds. The van der Waals surface area contributed by atoms with Gasteiger partial charge < -0.3 is 4.90 Å². The van der Waals surface area contributed by atoms with Crippen LogP contribution in [0.15, 0.2) is 43.0 Å². The van der Waals surface area contributed by atoms with Gasteiger partial charge in [-0.3, -0.25) is 9.36 Å². The molecule has 3 heterocycles. The summed E-state index contributed by atoms with van der Waals surface area (Å²) < 4.78 is 3.94. The molecule has 2 aromatic rings. The van der Waals surface area contributed by atoms with E-state index >= 15 is 0 Å². The van der Waals surface area contributed by atoms with Crippen LogP contribution < -0.4 is 4.90 Å². The van der Waals surface area contributed by atoms with Crippen LogP contribution >= 0.6 is 0 Å². The Bertz CT molecular complexity index is 717. The minimum absolute atomic E-state index is 0.822. The van der Waals surface area contributed by atoms with Crippen LogP contribution in [0.5, 0.6) is 0 Å². The van der Waals surface area contributed by atoms with Gasteiger partial charge in [0.1, 0.15) is 0 Å². The Kier molecular flexibility index (Phi) is 3.33. The molecule has 0 spiro atoms. The minimum atomic E-state index is 0.822. The summed E-state index contributed by atoms with van der Waals surface area (Å²) in [6.07, 6.45) is 18.6. The van der Waals surface area contributed by atoms with E-state index in [0.717, 1.165) is 30.3 Å². The molecule has 2 aliphatic rings. The van der Waals surface area contributed by atoms with Crippen molar-refractivity contribution in [3.8, 4) is 0 Å². The van der Waals surface area contributed by atoms with Crippen LogP contribution in [-0.2, 0) is 13.6 Å². The van der Waals surface area contributed by atoms with Crippen molar-refractivity contribution in [2.75, 3.05) is 11.4 Å². The molecular formula is C17H21N5. The van der Waals surface area contributed by atoms with Crippen LogP contribution in [0.25, 0.3) is 5.70 Å². The molecule has 1 saturated carbocycles. The lowest BCUT2D eigenvalue weighted by atomic mass is 9.85. The van der Waals surface area contributed by atoms with Crippen LogP contribution in [-0.4, -0.2) is 26.1 Å². The van der Waals surface area contributed by atoms with E-state index in [9.17, 15) is 0 Å². The summed E-state index contributed by atoms with van der Waals surface area (Å²) in [5.74, 6) is 0.822. The SMILES string of the molecule is Cn1cc(C2=CC=CCN2c2cnn(CC3CCC3)c2)cn1. The van der Waals surface area contributed by atoms with Gasteiger partial charge in [0.25, 0.3) is 0 Å². The monoisotopic (exact) mass is 295 g/mol. The average Bonchev–Trinajstić information content (AvgIpc) is 3.12. The molecule has 0 aromatic carbocycles. The van der Waals surface area contributed by atoms with Crippen LogP contribution in [0, 0.1) is 5.92 Å². The van der Waals surface area contributed by atoms with E-state index < -0.39 is 0 Å². The second kappa shape index (κ2) is 5.48. The predicted octanol–water partition coefficient (Wildman–Crippen LogP) is 2.83. The molecule has 0 unspecified atom stereocenters. The molecule has 0 bridgehead atoms. The van der Waals surface area contributed by atoms with Gasteiger partial charge in [-0.2, -0.15) is 10.2 Å². The van der Waals surface area contributed by atoms with Crippen molar-refractivity contribution >= 4 is 11.4 Å². The molecule has 0 saturated heterocycles. The van der Waals surface area contributed by atoms with Crippen LogP contribution in [0.2, 0.25) is 0 Å². The van der Waals surface area contributed by atoms with Crippen LogP contribution in [0.4, 0.5) is 5.69 Å². The topological polar surface area (TPSA) is 38.9 Å². The number of anilines is 1. The van der Waals surface area contributed by atoms with Crippen molar-refractivity contribution in [1.29, 1.82) is 0 Å². The Morgan fingerprint density at radius 3 is 2.82 bits per heavy atom. The quantitative estimate of drug-likeness (QED) is 0.870. The number of allylic oxidation sites excluding steroid dienone is 2. The molecule has 1 fully saturated rings. The fourth-order valence-electron chi connectivity index (χ4n) is 3.10. The maximum absolute atomic E-state index is 4.55. The molecule has 0 N–H and O–H groups in total. The van der Waals surface area contributed by atoms with Gasteiger partial charge in [-0.1, -0.05) is 18.6 Å². The summed E-state index contributed by atoms with van der Waals surface area (Å²) in [6.45, 7) is 1.92. The van der Waals surface area contributed by atoms with Crippen LogP contribution in [0.3, 0.4) is 0 Å². The van der Waals surface area contributed by atoms with Crippen molar-refractivity contribution < 1.29 is 0 Å². The molecule has 1 aliphatic heterocycles. The molecule has 114 valence electrons. The number of hydrogen-bond acceptors (Lipinski definition) is 3. The Morgan fingerprint density at radius 1 is 1.18 bits per heavy atom. The largest absolute Gasteiger partial charge is 0.334 e. The van der Waals surface area contributed by atoms with E-state index in [1.165, 1.54) is 25.0 Å². The fraction of sp³-hybridized carbons (Fsp3) is 0.412. The zero-order chi connectivity index (χ0) is 14.9. The number of hydrogen-bond donors (Lipinski definition) is 0. The molecule has 22 heavy (non-hydrogen) atoms. The van der Waals surface area contributed by atoms with Crippen molar-refractivity contribution in [2.24, 2.45) is 13.0 Å². The first kappa shape index (κ1) is 13.4. The van der Waals surface area contributed by atoms with E-state index in [4.69, 9.17) is 0 Å². The van der Waals surface area contributed by atoms with Gasteiger partial charge in [0.2, 0.25) is 0 Å². The predicted molar refractivity (Wildman–Crippen MR) is 87.2 cm³/mol. The smallest absolute Gasteiger partial charge is 0.0800 e. The van der Waals surface area contributed by atoms with Crippen LogP contribution in [0.1, 0.15) is 24.8 Å². The summed E-state index contributed by atoms with van der Waals surface area (Å²) in [5, 5.41) is 8.84. The van der Waals surface area contributed by atoms with Gasteiger partial charge in [-0.25, -0.2) is 0 Å². The van der Waals surface area contributed by atoms with Crippen molar-refractivity contribution in [3.63, 3.8) is 0 Å². The van der Waals surface area contributed by atoms with Crippen molar-refractivity contribution in [2.45, 2.75) is 25.8 Å². The standard InChI is InChI=1S/C17H21N5/c1-20-12-15(9-18-20)17-7-2-3-8-22(17)16-10-19-21(13-16)11-14-5-4-6-14/h2-3,7,9-10,12-14H,4-6,8,11H2,1H3. The summed E-state index contributed by atoms with van der Waals surface area (Å²) in [7, 11) is 1.95. The van der Waals surface area contributed by atoms with Gasteiger partial charge in [-0.15, -0.1) is 0 Å². The molecule has 5 nitrogen and oxygen atoms in total. The highest BCUT2D eigenvalue weighted by Gasteiger charge is 2.20. The Morgan fingerprint density at radius 2 is 2.09 bits per heavy atom. The second-order valence-electron chi connectivity index (χ2n) is 6.21. The minimum Gasteiger partial charge on any atom is -0.334 e. The number of aromatic nitrogens is 4. The highest BCUT2D eigenvalue weighted by molar-refractivity contribution is 5.80. The summed E-state index contributed by atoms with van der Waals surface area (Å²) in [4.78, 5) is 2.29. The third-order valence-corrected chi connectivity index (χ3v) is 4.57. The third kappa shape index (κ3) is 2.47. The van der Waals surface area contributed by atoms with Crippen molar-refractivity contribution in [1.82, 2.24) is 19.6 Å². The summed E-state index contributed by atoms with van der Waals surface area (Å²) in [5.41, 5.74) is 3.47. The highest BCUT2D eigenvalue weighted by atomic mass is 15.3. The first-order chi connectivity index (χ1) is 10.8. The van der Waals surface area contributed by atoms with E-state index in [2.05, 4.69) is 50.4 Å². The van der Waals surface area contributed by atoms with E-state index in [1.54, 1.807) is 0 Å².